The third kappa shape index (κ3) is 3.89. The standard InChI is InChI=1S/C21H27NO8/c1-5-29-18(25)21(19(26)30-6-2)20(3,27)13-16(23)22(21)15(17(24)28-4)12-14-10-8-7-9-11-14/h7-11,15,27H,5-6,12-13H2,1-4H3. The molecule has 2 rings (SSSR count). The summed E-state index contributed by atoms with van der Waals surface area (Å²) in [6, 6.07) is 7.36. The predicted octanol–water partition coefficient (Wildman–Crippen LogP) is 0.619. The van der Waals surface area contributed by atoms with Crippen LogP contribution >= 0.6 is 0 Å². The average molecular weight is 421 g/mol. The van der Waals surface area contributed by atoms with Crippen molar-refractivity contribution in [1.29, 1.82) is 0 Å². The van der Waals surface area contributed by atoms with E-state index in [2.05, 4.69) is 0 Å². The van der Waals surface area contributed by atoms with Crippen molar-refractivity contribution < 1.29 is 38.5 Å². The Labute approximate surface area is 174 Å². The van der Waals surface area contributed by atoms with Crippen LogP contribution in [0.2, 0.25) is 0 Å². The molecule has 1 amide bonds. The van der Waals surface area contributed by atoms with Gasteiger partial charge in [-0.25, -0.2) is 14.4 Å². The molecule has 0 aliphatic carbocycles. The lowest BCUT2D eigenvalue weighted by molar-refractivity contribution is -0.192. The number of hydrogen-bond acceptors (Lipinski definition) is 8. The molecule has 1 saturated heterocycles. The van der Waals surface area contributed by atoms with E-state index in [1.54, 1.807) is 30.3 Å². The Hall–Kier alpha value is -2.94. The summed E-state index contributed by atoms with van der Waals surface area (Å²) >= 11 is 0. The molecule has 9 nitrogen and oxygen atoms in total. The van der Waals surface area contributed by atoms with Crippen LogP contribution in [0.25, 0.3) is 0 Å². The minimum absolute atomic E-state index is 0.0457. The number of ether oxygens (including phenoxy) is 3. The zero-order valence-corrected chi connectivity index (χ0v) is 17.5. The van der Waals surface area contributed by atoms with Crippen LogP contribution in [-0.4, -0.2) is 71.3 Å². The van der Waals surface area contributed by atoms with Crippen molar-refractivity contribution in [2.45, 2.75) is 50.8 Å². The van der Waals surface area contributed by atoms with Gasteiger partial charge in [0.25, 0.3) is 5.54 Å². The topological polar surface area (TPSA) is 119 Å². The van der Waals surface area contributed by atoms with Gasteiger partial charge in [0.05, 0.1) is 26.7 Å². The summed E-state index contributed by atoms with van der Waals surface area (Å²) in [5.74, 6) is -3.95. The van der Waals surface area contributed by atoms with E-state index in [0.717, 1.165) is 12.0 Å². The first-order valence-corrected chi connectivity index (χ1v) is 9.68. The second-order valence-electron chi connectivity index (χ2n) is 7.09. The molecule has 30 heavy (non-hydrogen) atoms. The number of likely N-dealkylation sites (tertiary alicyclic amines) is 1. The highest BCUT2D eigenvalue weighted by molar-refractivity contribution is 6.13. The molecule has 2 atom stereocenters. The summed E-state index contributed by atoms with van der Waals surface area (Å²) in [5, 5.41) is 11.1. The van der Waals surface area contributed by atoms with E-state index in [9.17, 15) is 24.3 Å². The van der Waals surface area contributed by atoms with Crippen molar-refractivity contribution in [2.24, 2.45) is 0 Å². The molecule has 1 aromatic carbocycles. The number of methoxy groups -OCH3 is 1. The highest BCUT2D eigenvalue weighted by Gasteiger charge is 2.73. The van der Waals surface area contributed by atoms with Crippen LogP contribution in [0.15, 0.2) is 30.3 Å². The Morgan fingerprint density at radius 2 is 1.63 bits per heavy atom. The summed E-state index contributed by atoms with van der Waals surface area (Å²) in [5.41, 5.74) is -4.07. The van der Waals surface area contributed by atoms with Gasteiger partial charge in [-0.05, 0) is 26.3 Å². The smallest absolute Gasteiger partial charge is 0.347 e. The van der Waals surface area contributed by atoms with Crippen LogP contribution in [0.1, 0.15) is 32.8 Å². The summed E-state index contributed by atoms with van der Waals surface area (Å²) < 4.78 is 15.0. The highest BCUT2D eigenvalue weighted by atomic mass is 16.6. The molecule has 1 N–H and O–H groups in total. The zero-order valence-electron chi connectivity index (χ0n) is 17.5. The van der Waals surface area contributed by atoms with Gasteiger partial charge in [-0.1, -0.05) is 30.3 Å². The molecule has 164 valence electrons. The number of carbonyl (C=O) groups is 4. The molecule has 1 aliphatic heterocycles. The van der Waals surface area contributed by atoms with E-state index in [1.807, 2.05) is 0 Å². The minimum atomic E-state index is -2.55. The molecule has 1 heterocycles. The Morgan fingerprint density at radius 1 is 1.10 bits per heavy atom. The summed E-state index contributed by atoms with van der Waals surface area (Å²) in [4.78, 5) is 52.7. The van der Waals surface area contributed by atoms with Crippen LogP contribution in [-0.2, 0) is 39.8 Å². The maximum atomic E-state index is 13.1. The molecule has 0 radical (unpaired) electrons. The lowest BCUT2D eigenvalue weighted by Gasteiger charge is -2.42. The zero-order chi connectivity index (χ0) is 22.5. The third-order valence-corrected chi connectivity index (χ3v) is 5.10. The van der Waals surface area contributed by atoms with Crippen LogP contribution in [0.4, 0.5) is 0 Å². The van der Waals surface area contributed by atoms with Gasteiger partial charge in [-0.2, -0.15) is 0 Å². The average Bonchev–Trinajstić information content (AvgIpc) is 2.92. The van der Waals surface area contributed by atoms with Crippen molar-refractivity contribution in [2.75, 3.05) is 20.3 Å². The van der Waals surface area contributed by atoms with E-state index in [-0.39, 0.29) is 19.6 Å². The maximum Gasteiger partial charge on any atom is 0.347 e. The van der Waals surface area contributed by atoms with Gasteiger partial charge in [-0.15, -0.1) is 0 Å². The van der Waals surface area contributed by atoms with Crippen LogP contribution in [0.3, 0.4) is 0 Å². The summed E-state index contributed by atoms with van der Waals surface area (Å²) in [6.45, 7) is 4.00. The normalized spacial score (nSPS) is 21.1. The van der Waals surface area contributed by atoms with Crippen molar-refractivity contribution in [3.8, 4) is 0 Å². The number of hydrogen-bond donors (Lipinski definition) is 1. The molecular weight excluding hydrogens is 394 g/mol. The van der Waals surface area contributed by atoms with E-state index in [1.165, 1.54) is 20.8 Å². The van der Waals surface area contributed by atoms with Crippen molar-refractivity contribution >= 4 is 23.8 Å². The fourth-order valence-corrected chi connectivity index (χ4v) is 3.81. The predicted molar refractivity (Wildman–Crippen MR) is 104 cm³/mol. The number of nitrogens with zero attached hydrogens (tertiary/aromatic N) is 1. The number of carbonyl (C=O) groups excluding carboxylic acids is 4. The molecule has 2 unspecified atom stereocenters. The van der Waals surface area contributed by atoms with Crippen LogP contribution in [0.5, 0.6) is 0 Å². The molecule has 1 aliphatic rings. The van der Waals surface area contributed by atoms with Gasteiger partial charge in [0, 0.05) is 6.42 Å². The van der Waals surface area contributed by atoms with E-state index in [4.69, 9.17) is 14.2 Å². The Morgan fingerprint density at radius 3 is 2.10 bits per heavy atom. The van der Waals surface area contributed by atoms with Crippen LogP contribution < -0.4 is 0 Å². The summed E-state index contributed by atoms with van der Waals surface area (Å²) in [7, 11) is 1.13. The fraction of sp³-hybridized carbons (Fsp3) is 0.524. The van der Waals surface area contributed by atoms with E-state index in [0.29, 0.717) is 5.56 Å². The first-order chi connectivity index (χ1) is 14.2. The molecule has 0 spiro atoms. The van der Waals surface area contributed by atoms with Crippen molar-refractivity contribution in [3.05, 3.63) is 35.9 Å². The van der Waals surface area contributed by atoms with Gasteiger partial charge < -0.3 is 24.2 Å². The lowest BCUT2D eigenvalue weighted by atomic mass is 9.80. The monoisotopic (exact) mass is 421 g/mol. The SMILES string of the molecule is CCOC(=O)C1(C(=O)OCC)N(C(Cc2ccccc2)C(=O)OC)C(=O)CC1(C)O. The largest absolute Gasteiger partial charge is 0.467 e. The van der Waals surface area contributed by atoms with Gasteiger partial charge in [0.2, 0.25) is 5.91 Å². The van der Waals surface area contributed by atoms with Crippen molar-refractivity contribution in [3.63, 3.8) is 0 Å². The van der Waals surface area contributed by atoms with Crippen molar-refractivity contribution in [1.82, 2.24) is 4.90 Å². The Bertz CT molecular complexity index is 786. The minimum Gasteiger partial charge on any atom is -0.467 e. The number of esters is 3. The highest BCUT2D eigenvalue weighted by Crippen LogP contribution is 2.43. The molecule has 1 aromatic rings. The Balaban J connectivity index is 2.70. The molecular formula is C21H27NO8. The molecule has 0 saturated carbocycles. The third-order valence-electron chi connectivity index (χ3n) is 5.10. The first-order valence-electron chi connectivity index (χ1n) is 9.68. The quantitative estimate of drug-likeness (QED) is 0.369. The van der Waals surface area contributed by atoms with Gasteiger partial charge in [0.1, 0.15) is 11.6 Å². The van der Waals surface area contributed by atoms with Gasteiger partial charge in [0.15, 0.2) is 0 Å². The molecule has 0 aromatic heterocycles. The second kappa shape index (κ2) is 9.25. The lowest BCUT2D eigenvalue weighted by Crippen LogP contribution is -2.71. The fourth-order valence-electron chi connectivity index (χ4n) is 3.81. The van der Waals surface area contributed by atoms with E-state index >= 15 is 0 Å². The number of amides is 1. The number of aliphatic hydroxyl groups is 1. The Kier molecular flexibility index (Phi) is 7.20. The maximum absolute atomic E-state index is 13.1. The van der Waals surface area contributed by atoms with Gasteiger partial charge in [-0.3, -0.25) is 4.79 Å². The first kappa shape index (κ1) is 23.3. The molecule has 0 bridgehead atoms. The number of benzene rings is 1. The molecule has 1 fully saturated rings. The molecule has 9 heteroatoms. The van der Waals surface area contributed by atoms with Gasteiger partial charge >= 0.3 is 17.9 Å². The second-order valence-corrected chi connectivity index (χ2v) is 7.09. The van der Waals surface area contributed by atoms with E-state index < -0.39 is 47.4 Å². The van der Waals surface area contributed by atoms with Crippen LogP contribution in [0, 0.1) is 0 Å². The number of rotatable bonds is 8. The summed E-state index contributed by atoms with van der Waals surface area (Å²) in [6.07, 6.45) is -0.622.